The summed E-state index contributed by atoms with van der Waals surface area (Å²) in [7, 11) is 2.15. The first-order chi connectivity index (χ1) is 10.2. The van der Waals surface area contributed by atoms with Crippen molar-refractivity contribution in [3.05, 3.63) is 41.0 Å². The van der Waals surface area contributed by atoms with E-state index >= 15 is 0 Å². The van der Waals surface area contributed by atoms with Gasteiger partial charge in [-0.25, -0.2) is 4.98 Å². The summed E-state index contributed by atoms with van der Waals surface area (Å²) in [4.78, 5) is 9.36. The Kier molecular flexibility index (Phi) is 4.73. The third kappa shape index (κ3) is 3.73. The van der Waals surface area contributed by atoms with E-state index in [4.69, 9.17) is 11.6 Å². The molecule has 0 bridgehead atoms. The number of likely N-dealkylation sites (N-methyl/N-ethyl adjacent to an activating group) is 1. The number of halogens is 1. The number of aromatic nitrogens is 1. The Labute approximate surface area is 131 Å². The van der Waals surface area contributed by atoms with E-state index in [1.807, 2.05) is 18.2 Å². The van der Waals surface area contributed by atoms with Gasteiger partial charge >= 0.3 is 0 Å². The molecule has 0 amide bonds. The SMILES string of the molecule is CN(CCN1CCCC1)Cc1cc2ccccc2nc1Cl. The summed E-state index contributed by atoms with van der Waals surface area (Å²) in [5.74, 6) is 0. The van der Waals surface area contributed by atoms with Crippen LogP contribution in [0.1, 0.15) is 18.4 Å². The fraction of sp³-hybridized carbons (Fsp3) is 0.471. The van der Waals surface area contributed by atoms with Gasteiger partial charge < -0.3 is 9.80 Å². The number of hydrogen-bond acceptors (Lipinski definition) is 3. The van der Waals surface area contributed by atoms with Gasteiger partial charge in [0.15, 0.2) is 0 Å². The van der Waals surface area contributed by atoms with E-state index < -0.39 is 0 Å². The molecule has 0 radical (unpaired) electrons. The molecule has 3 nitrogen and oxygen atoms in total. The summed E-state index contributed by atoms with van der Waals surface area (Å²) in [6, 6.07) is 10.3. The molecule has 1 aromatic carbocycles. The number of rotatable bonds is 5. The highest BCUT2D eigenvalue weighted by molar-refractivity contribution is 6.30. The van der Waals surface area contributed by atoms with E-state index in [2.05, 4.69) is 34.0 Å². The normalized spacial score (nSPS) is 16.1. The van der Waals surface area contributed by atoms with Crippen LogP contribution in [0.2, 0.25) is 5.15 Å². The molecule has 0 aliphatic carbocycles. The van der Waals surface area contributed by atoms with E-state index in [-0.39, 0.29) is 0 Å². The lowest BCUT2D eigenvalue weighted by Crippen LogP contribution is -2.31. The summed E-state index contributed by atoms with van der Waals surface area (Å²) < 4.78 is 0. The van der Waals surface area contributed by atoms with Gasteiger partial charge in [-0.2, -0.15) is 0 Å². The van der Waals surface area contributed by atoms with E-state index in [1.54, 1.807) is 0 Å². The summed E-state index contributed by atoms with van der Waals surface area (Å²) in [5.41, 5.74) is 2.07. The lowest BCUT2D eigenvalue weighted by molar-refractivity contribution is 0.252. The van der Waals surface area contributed by atoms with Crippen LogP contribution in [-0.4, -0.2) is 48.0 Å². The van der Waals surface area contributed by atoms with Crippen molar-refractivity contribution < 1.29 is 0 Å². The molecule has 1 fully saturated rings. The molecule has 112 valence electrons. The van der Waals surface area contributed by atoms with Crippen LogP contribution in [0.3, 0.4) is 0 Å². The minimum atomic E-state index is 0.627. The van der Waals surface area contributed by atoms with Gasteiger partial charge in [-0.3, -0.25) is 0 Å². The maximum atomic E-state index is 6.33. The van der Waals surface area contributed by atoms with Crippen LogP contribution in [-0.2, 0) is 6.54 Å². The molecular weight excluding hydrogens is 282 g/mol. The Morgan fingerprint density at radius 1 is 1.24 bits per heavy atom. The number of hydrogen-bond donors (Lipinski definition) is 0. The van der Waals surface area contributed by atoms with E-state index in [1.165, 1.54) is 25.9 Å². The summed E-state index contributed by atoms with van der Waals surface area (Å²) >= 11 is 6.33. The average molecular weight is 304 g/mol. The fourth-order valence-electron chi connectivity index (χ4n) is 2.94. The van der Waals surface area contributed by atoms with Gasteiger partial charge in [-0.15, -0.1) is 0 Å². The van der Waals surface area contributed by atoms with Crippen LogP contribution in [0, 0.1) is 0 Å². The molecular formula is C17H22ClN3. The highest BCUT2D eigenvalue weighted by Gasteiger charge is 2.13. The van der Waals surface area contributed by atoms with Crippen LogP contribution in [0.4, 0.5) is 0 Å². The first-order valence-corrected chi connectivity index (χ1v) is 8.05. The zero-order valence-electron chi connectivity index (χ0n) is 12.6. The lowest BCUT2D eigenvalue weighted by Gasteiger charge is -2.21. The van der Waals surface area contributed by atoms with Crippen molar-refractivity contribution in [3.8, 4) is 0 Å². The molecule has 0 saturated carbocycles. The standard InChI is InChI=1S/C17H22ClN3/c1-20(10-11-21-8-4-5-9-21)13-15-12-14-6-2-3-7-16(14)19-17(15)18/h2-3,6-7,12H,4-5,8-11,13H2,1H3. The molecule has 1 aromatic heterocycles. The zero-order valence-corrected chi connectivity index (χ0v) is 13.3. The fourth-order valence-corrected chi connectivity index (χ4v) is 3.14. The highest BCUT2D eigenvalue weighted by Crippen LogP contribution is 2.21. The molecule has 21 heavy (non-hydrogen) atoms. The van der Waals surface area contributed by atoms with Gasteiger partial charge in [-0.05, 0) is 45.1 Å². The van der Waals surface area contributed by atoms with E-state index in [0.29, 0.717) is 5.15 Å². The third-order valence-electron chi connectivity index (χ3n) is 4.19. The largest absolute Gasteiger partial charge is 0.302 e. The van der Waals surface area contributed by atoms with Gasteiger partial charge in [0.1, 0.15) is 5.15 Å². The lowest BCUT2D eigenvalue weighted by atomic mass is 10.1. The van der Waals surface area contributed by atoms with Gasteiger partial charge in [0.25, 0.3) is 0 Å². The molecule has 3 rings (SSSR count). The second kappa shape index (κ2) is 6.73. The molecule has 4 heteroatoms. The second-order valence-electron chi connectivity index (χ2n) is 5.92. The average Bonchev–Trinajstić information content (AvgIpc) is 2.99. The van der Waals surface area contributed by atoms with Crippen LogP contribution in [0.25, 0.3) is 10.9 Å². The Balaban J connectivity index is 1.64. The van der Waals surface area contributed by atoms with Crippen LogP contribution >= 0.6 is 11.6 Å². The maximum absolute atomic E-state index is 6.33. The minimum Gasteiger partial charge on any atom is -0.302 e. The molecule has 0 unspecified atom stereocenters. The number of pyridine rings is 1. The number of fused-ring (bicyclic) bond motifs is 1. The van der Waals surface area contributed by atoms with E-state index in [0.717, 1.165) is 36.1 Å². The molecule has 0 N–H and O–H groups in total. The van der Waals surface area contributed by atoms with E-state index in [9.17, 15) is 0 Å². The van der Waals surface area contributed by atoms with Crippen LogP contribution in [0.5, 0.6) is 0 Å². The number of para-hydroxylation sites is 1. The first kappa shape index (κ1) is 14.8. The van der Waals surface area contributed by atoms with Crippen molar-refractivity contribution in [1.82, 2.24) is 14.8 Å². The van der Waals surface area contributed by atoms with Crippen molar-refractivity contribution in [2.45, 2.75) is 19.4 Å². The Morgan fingerprint density at radius 3 is 2.81 bits per heavy atom. The molecule has 2 aromatic rings. The van der Waals surface area contributed by atoms with Crippen LogP contribution < -0.4 is 0 Å². The van der Waals surface area contributed by atoms with Gasteiger partial charge in [0.2, 0.25) is 0 Å². The molecule has 1 saturated heterocycles. The minimum absolute atomic E-state index is 0.627. The van der Waals surface area contributed by atoms with Gasteiger partial charge in [-0.1, -0.05) is 29.8 Å². The smallest absolute Gasteiger partial charge is 0.134 e. The van der Waals surface area contributed by atoms with Crippen molar-refractivity contribution in [2.75, 3.05) is 33.2 Å². The third-order valence-corrected chi connectivity index (χ3v) is 4.51. The van der Waals surface area contributed by atoms with Crippen molar-refractivity contribution in [1.29, 1.82) is 0 Å². The number of likely N-dealkylation sites (tertiary alicyclic amines) is 1. The quantitative estimate of drug-likeness (QED) is 0.789. The maximum Gasteiger partial charge on any atom is 0.134 e. The molecule has 2 heterocycles. The molecule has 1 aliphatic rings. The van der Waals surface area contributed by atoms with Crippen molar-refractivity contribution in [2.24, 2.45) is 0 Å². The Morgan fingerprint density at radius 2 is 2.00 bits per heavy atom. The number of nitrogens with zero attached hydrogens (tertiary/aromatic N) is 3. The zero-order chi connectivity index (χ0) is 14.7. The monoisotopic (exact) mass is 303 g/mol. The predicted molar refractivity (Wildman–Crippen MR) is 88.8 cm³/mol. The molecule has 0 atom stereocenters. The second-order valence-corrected chi connectivity index (χ2v) is 6.28. The summed E-state index contributed by atoms with van der Waals surface area (Å²) in [5, 5.41) is 1.78. The van der Waals surface area contributed by atoms with Gasteiger partial charge in [0, 0.05) is 30.6 Å². The molecule has 0 spiro atoms. The van der Waals surface area contributed by atoms with Gasteiger partial charge in [0.05, 0.1) is 5.52 Å². The first-order valence-electron chi connectivity index (χ1n) is 7.67. The number of benzene rings is 1. The molecule has 1 aliphatic heterocycles. The Bertz CT molecular complexity index is 608. The van der Waals surface area contributed by atoms with Crippen molar-refractivity contribution >= 4 is 22.5 Å². The highest BCUT2D eigenvalue weighted by atomic mass is 35.5. The summed E-state index contributed by atoms with van der Waals surface area (Å²) in [6.45, 7) is 5.58. The predicted octanol–water partition coefficient (Wildman–Crippen LogP) is 3.42. The summed E-state index contributed by atoms with van der Waals surface area (Å²) in [6.07, 6.45) is 2.70. The van der Waals surface area contributed by atoms with Crippen LogP contribution in [0.15, 0.2) is 30.3 Å². The Hall–Kier alpha value is -1.16. The van der Waals surface area contributed by atoms with Crippen molar-refractivity contribution in [3.63, 3.8) is 0 Å². The topological polar surface area (TPSA) is 19.4 Å².